The lowest BCUT2D eigenvalue weighted by atomic mass is 10.0. The van der Waals surface area contributed by atoms with Crippen LogP contribution in [0.4, 0.5) is 4.39 Å². The molecular weight excluding hydrogens is 387 g/mol. The molecule has 2 N–H and O–H groups in total. The topological polar surface area (TPSA) is 89.4 Å². The van der Waals surface area contributed by atoms with Gasteiger partial charge in [0.05, 0.1) is 16.8 Å². The summed E-state index contributed by atoms with van der Waals surface area (Å²) in [6.45, 7) is 0.739. The third-order valence-electron chi connectivity index (χ3n) is 5.71. The molecule has 7 nitrogen and oxygen atoms in total. The van der Waals surface area contributed by atoms with Crippen molar-refractivity contribution in [3.05, 3.63) is 48.7 Å². The second-order valence-electron chi connectivity index (χ2n) is 7.51. The van der Waals surface area contributed by atoms with Gasteiger partial charge in [0, 0.05) is 42.4 Å². The molecule has 2 fully saturated rings. The van der Waals surface area contributed by atoms with Crippen LogP contribution in [-0.4, -0.2) is 52.2 Å². The van der Waals surface area contributed by atoms with Gasteiger partial charge in [0.15, 0.2) is 6.17 Å². The summed E-state index contributed by atoms with van der Waals surface area (Å²) >= 11 is 0. The van der Waals surface area contributed by atoms with Gasteiger partial charge in [0.25, 0.3) is 0 Å². The number of fused-ring (bicyclic) bond motifs is 2. The SMILES string of the molecule is [2H]C([2H])([2H])Oc1cc(-c2ccc(-c3ccc(O[C@@H]4[C@H]5CN[C@H](C5)[C@@H]4F)nn3)c(O)c2)ccn1. The molecule has 1 saturated carbocycles. The number of methoxy groups -OCH3 is 1. The van der Waals surface area contributed by atoms with E-state index in [0.29, 0.717) is 22.4 Å². The van der Waals surface area contributed by atoms with Crippen LogP contribution in [0, 0.1) is 5.92 Å². The van der Waals surface area contributed by atoms with Gasteiger partial charge < -0.3 is 19.9 Å². The van der Waals surface area contributed by atoms with Crippen LogP contribution in [-0.2, 0) is 0 Å². The number of ether oxygens (including phenoxy) is 2. The van der Waals surface area contributed by atoms with Crippen molar-refractivity contribution < 1.29 is 23.1 Å². The molecule has 5 rings (SSSR count). The summed E-state index contributed by atoms with van der Waals surface area (Å²) < 4.78 is 46.5. The van der Waals surface area contributed by atoms with Crippen molar-refractivity contribution in [2.45, 2.75) is 24.7 Å². The van der Waals surface area contributed by atoms with Crippen molar-refractivity contribution in [1.29, 1.82) is 0 Å². The molecule has 4 atom stereocenters. The second-order valence-corrected chi connectivity index (χ2v) is 7.51. The van der Waals surface area contributed by atoms with E-state index in [1.807, 2.05) is 0 Å². The van der Waals surface area contributed by atoms with Gasteiger partial charge in [-0.25, -0.2) is 9.37 Å². The van der Waals surface area contributed by atoms with E-state index in [0.717, 1.165) is 13.0 Å². The molecule has 2 aromatic heterocycles. The fourth-order valence-corrected chi connectivity index (χ4v) is 4.18. The third kappa shape index (κ3) is 3.33. The number of aromatic nitrogens is 3. The predicted octanol–water partition coefficient (Wildman–Crippen LogP) is 3.00. The molecule has 0 unspecified atom stereocenters. The number of hydrogen-bond donors (Lipinski definition) is 2. The Morgan fingerprint density at radius 3 is 2.77 bits per heavy atom. The van der Waals surface area contributed by atoms with Crippen molar-refractivity contribution in [3.63, 3.8) is 0 Å². The Kier molecular flexibility index (Phi) is 3.91. The predicted molar refractivity (Wildman–Crippen MR) is 108 cm³/mol. The first kappa shape index (κ1) is 15.6. The average Bonchev–Trinajstić information content (AvgIpc) is 3.36. The summed E-state index contributed by atoms with van der Waals surface area (Å²) in [5, 5.41) is 21.9. The van der Waals surface area contributed by atoms with Crippen LogP contribution in [0.5, 0.6) is 17.5 Å². The molecular formula is C22H21FN4O3. The molecule has 1 aliphatic heterocycles. The van der Waals surface area contributed by atoms with Gasteiger partial charge in [0.2, 0.25) is 11.8 Å². The highest BCUT2D eigenvalue weighted by molar-refractivity contribution is 5.74. The maximum absolute atomic E-state index is 14.3. The van der Waals surface area contributed by atoms with Gasteiger partial charge in [-0.15, -0.1) is 10.2 Å². The number of nitrogens with one attached hydrogen (secondary N) is 1. The van der Waals surface area contributed by atoms with Crippen LogP contribution >= 0.6 is 0 Å². The van der Waals surface area contributed by atoms with Crippen molar-refractivity contribution in [3.8, 4) is 39.9 Å². The van der Waals surface area contributed by atoms with Gasteiger partial charge in [-0.3, -0.25) is 0 Å². The minimum absolute atomic E-state index is 0.0337. The first-order valence-electron chi connectivity index (χ1n) is 11.1. The fourth-order valence-electron chi connectivity index (χ4n) is 4.18. The lowest BCUT2D eigenvalue weighted by Gasteiger charge is -2.26. The van der Waals surface area contributed by atoms with Crippen LogP contribution in [0.3, 0.4) is 0 Å². The molecule has 1 saturated heterocycles. The Balaban J connectivity index is 1.32. The van der Waals surface area contributed by atoms with E-state index in [-0.39, 0.29) is 29.5 Å². The molecule has 1 aliphatic carbocycles. The molecule has 2 bridgehead atoms. The standard InChI is InChI=1S/C22H21FN4O3/c1-29-20-10-13(6-7-24-20)12-2-3-15(18(28)9-12)16-4-5-19(27-26-16)30-22-14-8-17(21(22)23)25-11-14/h2-7,9-10,14,17,21-22,25,28H,8,11H2,1H3/t14-,17-,21+,22-/m1/s1/i1D3. The summed E-state index contributed by atoms with van der Waals surface area (Å²) in [6, 6.07) is 11.2. The molecule has 2 aliphatic rings. The van der Waals surface area contributed by atoms with E-state index in [1.165, 1.54) is 18.3 Å². The molecule has 30 heavy (non-hydrogen) atoms. The summed E-state index contributed by atoms with van der Waals surface area (Å²) in [4.78, 5) is 3.90. The number of phenols is 1. The van der Waals surface area contributed by atoms with Gasteiger partial charge in [-0.2, -0.15) is 0 Å². The van der Waals surface area contributed by atoms with Gasteiger partial charge in [-0.05, 0) is 41.8 Å². The summed E-state index contributed by atoms with van der Waals surface area (Å²) in [7, 11) is -2.61. The van der Waals surface area contributed by atoms with Crippen molar-refractivity contribution in [1.82, 2.24) is 20.5 Å². The maximum atomic E-state index is 14.3. The Labute approximate surface area is 177 Å². The fraction of sp³-hybridized carbons (Fsp3) is 0.318. The normalized spacial score (nSPS) is 26.6. The Morgan fingerprint density at radius 1 is 1.13 bits per heavy atom. The minimum Gasteiger partial charge on any atom is -0.507 e. The monoisotopic (exact) mass is 411 g/mol. The number of pyridine rings is 1. The quantitative estimate of drug-likeness (QED) is 0.667. The number of hydrogen-bond acceptors (Lipinski definition) is 7. The van der Waals surface area contributed by atoms with Crippen molar-refractivity contribution in [2.75, 3.05) is 13.6 Å². The van der Waals surface area contributed by atoms with E-state index >= 15 is 0 Å². The van der Waals surface area contributed by atoms with Gasteiger partial charge in [0.1, 0.15) is 11.9 Å². The van der Waals surface area contributed by atoms with Crippen molar-refractivity contribution >= 4 is 0 Å². The van der Waals surface area contributed by atoms with E-state index in [4.69, 9.17) is 13.6 Å². The molecule has 1 aromatic carbocycles. The zero-order chi connectivity index (χ0) is 23.2. The maximum Gasteiger partial charge on any atom is 0.233 e. The van der Waals surface area contributed by atoms with Gasteiger partial charge in [-0.1, -0.05) is 6.07 Å². The lowest BCUT2D eigenvalue weighted by Crippen LogP contribution is -2.46. The first-order chi connectivity index (χ1) is 15.8. The zero-order valence-electron chi connectivity index (χ0n) is 18.8. The van der Waals surface area contributed by atoms with E-state index in [1.54, 1.807) is 30.3 Å². The van der Waals surface area contributed by atoms with E-state index in [9.17, 15) is 9.50 Å². The van der Waals surface area contributed by atoms with Crippen LogP contribution in [0.25, 0.3) is 22.4 Å². The number of alkyl halides is 1. The number of piperidine rings is 1. The van der Waals surface area contributed by atoms with Crippen LogP contribution in [0.1, 0.15) is 10.5 Å². The highest BCUT2D eigenvalue weighted by atomic mass is 19.1. The molecule has 3 aromatic rings. The number of rotatable bonds is 5. The molecule has 0 radical (unpaired) electrons. The number of aromatic hydroxyl groups is 1. The molecule has 0 amide bonds. The highest BCUT2D eigenvalue weighted by Crippen LogP contribution is 2.37. The summed E-state index contributed by atoms with van der Waals surface area (Å²) in [6.07, 6.45) is 0.600. The molecule has 8 heteroatoms. The van der Waals surface area contributed by atoms with Crippen molar-refractivity contribution in [2.24, 2.45) is 5.92 Å². The van der Waals surface area contributed by atoms with E-state index < -0.39 is 19.3 Å². The van der Waals surface area contributed by atoms with Gasteiger partial charge >= 0.3 is 0 Å². The van der Waals surface area contributed by atoms with Crippen LogP contribution < -0.4 is 14.8 Å². The Bertz CT molecular complexity index is 1160. The molecule has 3 heterocycles. The second kappa shape index (κ2) is 7.53. The number of phenolic OH excluding ortho intramolecular Hbond substituents is 1. The average molecular weight is 411 g/mol. The molecule has 0 spiro atoms. The minimum atomic E-state index is -2.61. The number of halogens is 1. The van der Waals surface area contributed by atoms with E-state index in [2.05, 4.69) is 20.5 Å². The summed E-state index contributed by atoms with van der Waals surface area (Å²) in [5.74, 6) is 0.295. The molecule has 154 valence electrons. The van der Waals surface area contributed by atoms with Crippen LogP contribution in [0.15, 0.2) is 48.7 Å². The first-order valence-corrected chi connectivity index (χ1v) is 9.63. The Morgan fingerprint density at radius 2 is 2.03 bits per heavy atom. The number of nitrogens with zero attached hydrogens (tertiary/aromatic N) is 3. The van der Waals surface area contributed by atoms with Crippen LogP contribution in [0.2, 0.25) is 0 Å². The lowest BCUT2D eigenvalue weighted by molar-refractivity contribution is 0.0615. The zero-order valence-corrected chi connectivity index (χ0v) is 15.8. The number of benzene rings is 1. The Hall–Kier alpha value is -3.26. The third-order valence-corrected chi connectivity index (χ3v) is 5.71. The largest absolute Gasteiger partial charge is 0.507 e. The highest BCUT2D eigenvalue weighted by Gasteiger charge is 2.50. The summed E-state index contributed by atoms with van der Waals surface area (Å²) in [5.41, 5.74) is 2.15. The smallest absolute Gasteiger partial charge is 0.233 e.